The predicted molar refractivity (Wildman–Crippen MR) is 110 cm³/mol. The molecule has 3 aromatic rings. The molecule has 5 nitrogen and oxygen atoms in total. The van der Waals surface area contributed by atoms with Gasteiger partial charge in [-0.3, -0.25) is 0 Å². The average molecular weight is 422 g/mol. The van der Waals surface area contributed by atoms with E-state index in [0.29, 0.717) is 16.1 Å². The number of hydrogen-bond acceptors (Lipinski definition) is 5. The van der Waals surface area contributed by atoms with Crippen LogP contribution in [0, 0.1) is 5.82 Å². The molecular weight excluding hydrogens is 409 g/mol. The molecule has 1 aliphatic heterocycles. The molecule has 4 rings (SSSR count). The van der Waals surface area contributed by atoms with E-state index in [0.717, 1.165) is 0 Å². The zero-order valence-electron chi connectivity index (χ0n) is 15.3. The number of benzene rings is 3. The number of esters is 2. The van der Waals surface area contributed by atoms with E-state index in [1.807, 2.05) is 0 Å². The van der Waals surface area contributed by atoms with E-state index in [2.05, 4.69) is 4.99 Å². The number of ether oxygens (including phenoxy) is 2. The summed E-state index contributed by atoms with van der Waals surface area (Å²) < 4.78 is 24.1. The molecular formula is C23H13ClFNO4. The third-order valence-corrected chi connectivity index (χ3v) is 4.45. The van der Waals surface area contributed by atoms with E-state index in [9.17, 15) is 14.0 Å². The summed E-state index contributed by atoms with van der Waals surface area (Å²) in [5.41, 5.74) is 1.26. The molecule has 0 amide bonds. The molecule has 0 atom stereocenters. The van der Waals surface area contributed by atoms with Crippen LogP contribution >= 0.6 is 11.6 Å². The summed E-state index contributed by atoms with van der Waals surface area (Å²) in [4.78, 5) is 28.4. The van der Waals surface area contributed by atoms with Gasteiger partial charge in [0.25, 0.3) is 0 Å². The SMILES string of the molecule is O=C1OC(c2ccc(Cl)cc2)=N/C1=C/c1ccc(OC(=O)c2ccccc2F)cc1. The van der Waals surface area contributed by atoms with Gasteiger partial charge in [0.15, 0.2) is 5.70 Å². The first-order valence-corrected chi connectivity index (χ1v) is 9.23. The number of aliphatic imine (C=N–C) groups is 1. The van der Waals surface area contributed by atoms with Crippen LogP contribution in [0.1, 0.15) is 21.5 Å². The second-order valence-electron chi connectivity index (χ2n) is 6.28. The van der Waals surface area contributed by atoms with Crippen molar-refractivity contribution in [2.24, 2.45) is 4.99 Å². The maximum Gasteiger partial charge on any atom is 0.363 e. The van der Waals surface area contributed by atoms with Crippen LogP contribution in [0.4, 0.5) is 4.39 Å². The molecule has 1 aliphatic rings. The van der Waals surface area contributed by atoms with Crippen LogP contribution in [0.15, 0.2) is 83.5 Å². The second-order valence-corrected chi connectivity index (χ2v) is 6.72. The van der Waals surface area contributed by atoms with Crippen molar-refractivity contribution in [3.63, 3.8) is 0 Å². The number of cyclic esters (lactones) is 1. The Morgan fingerprint density at radius 1 is 1.00 bits per heavy atom. The molecule has 1 heterocycles. The van der Waals surface area contributed by atoms with E-state index in [1.54, 1.807) is 48.5 Å². The molecule has 0 saturated carbocycles. The predicted octanol–water partition coefficient (Wildman–Crippen LogP) is 5.04. The Morgan fingerprint density at radius 2 is 1.70 bits per heavy atom. The van der Waals surface area contributed by atoms with Gasteiger partial charge >= 0.3 is 11.9 Å². The van der Waals surface area contributed by atoms with Crippen LogP contribution in [0.3, 0.4) is 0 Å². The van der Waals surface area contributed by atoms with Crippen molar-refractivity contribution in [1.82, 2.24) is 0 Å². The molecule has 0 bridgehead atoms. The Kier molecular flexibility index (Phi) is 5.41. The quantitative estimate of drug-likeness (QED) is 0.336. The maximum atomic E-state index is 13.7. The van der Waals surface area contributed by atoms with Gasteiger partial charge in [0.1, 0.15) is 11.6 Å². The van der Waals surface area contributed by atoms with Crippen molar-refractivity contribution in [1.29, 1.82) is 0 Å². The summed E-state index contributed by atoms with van der Waals surface area (Å²) in [6, 6.07) is 18.7. The Morgan fingerprint density at radius 3 is 2.40 bits per heavy atom. The number of carbonyl (C=O) groups excluding carboxylic acids is 2. The normalized spacial score (nSPS) is 14.4. The van der Waals surface area contributed by atoms with E-state index < -0.39 is 17.8 Å². The van der Waals surface area contributed by atoms with E-state index in [4.69, 9.17) is 21.1 Å². The monoisotopic (exact) mass is 421 g/mol. The first kappa shape index (κ1) is 19.5. The number of hydrogen-bond donors (Lipinski definition) is 0. The highest BCUT2D eigenvalue weighted by Crippen LogP contribution is 2.22. The zero-order valence-corrected chi connectivity index (χ0v) is 16.1. The minimum atomic E-state index is -0.796. The third-order valence-electron chi connectivity index (χ3n) is 4.20. The maximum absolute atomic E-state index is 13.7. The summed E-state index contributed by atoms with van der Waals surface area (Å²) >= 11 is 5.86. The Bertz CT molecular complexity index is 1180. The third kappa shape index (κ3) is 4.29. The molecule has 0 spiro atoms. The van der Waals surface area contributed by atoms with Crippen molar-refractivity contribution >= 4 is 35.5 Å². The number of halogens is 2. The van der Waals surface area contributed by atoms with E-state index >= 15 is 0 Å². The van der Waals surface area contributed by atoms with Crippen LogP contribution in [0.25, 0.3) is 6.08 Å². The van der Waals surface area contributed by atoms with Gasteiger partial charge in [0, 0.05) is 10.6 Å². The van der Waals surface area contributed by atoms with Gasteiger partial charge in [-0.15, -0.1) is 0 Å². The van der Waals surface area contributed by atoms with Crippen molar-refractivity contribution in [3.05, 3.63) is 106 Å². The molecule has 0 aliphatic carbocycles. The molecule has 0 saturated heterocycles. The lowest BCUT2D eigenvalue weighted by atomic mass is 10.2. The number of nitrogens with zero attached hydrogens (tertiary/aromatic N) is 1. The largest absolute Gasteiger partial charge is 0.423 e. The Labute approximate surface area is 176 Å². The van der Waals surface area contributed by atoms with E-state index in [1.165, 1.54) is 30.3 Å². The highest BCUT2D eigenvalue weighted by molar-refractivity contribution is 6.30. The van der Waals surface area contributed by atoms with E-state index in [-0.39, 0.29) is 22.9 Å². The van der Waals surface area contributed by atoms with Gasteiger partial charge in [0.2, 0.25) is 5.90 Å². The smallest absolute Gasteiger partial charge is 0.363 e. The van der Waals surface area contributed by atoms with Gasteiger partial charge in [-0.2, -0.15) is 0 Å². The minimum Gasteiger partial charge on any atom is -0.423 e. The first-order chi connectivity index (χ1) is 14.5. The van der Waals surface area contributed by atoms with Gasteiger partial charge in [-0.1, -0.05) is 35.9 Å². The summed E-state index contributed by atoms with van der Waals surface area (Å²) in [6.45, 7) is 0. The summed E-state index contributed by atoms with van der Waals surface area (Å²) in [5.74, 6) is -1.59. The van der Waals surface area contributed by atoms with Gasteiger partial charge in [0.05, 0.1) is 5.56 Å². The molecule has 0 unspecified atom stereocenters. The average Bonchev–Trinajstić information content (AvgIpc) is 3.10. The lowest BCUT2D eigenvalue weighted by molar-refractivity contribution is -0.129. The molecule has 0 radical (unpaired) electrons. The fraction of sp³-hybridized carbons (Fsp3) is 0. The standard InChI is InChI=1S/C23H13ClFNO4/c24-16-9-7-15(8-10-16)21-26-20(23(28)30-21)13-14-5-11-17(12-6-14)29-22(27)18-3-1-2-4-19(18)25/h1-13H/b20-13+. The van der Waals surface area contributed by atoms with Crippen molar-refractivity contribution < 1.29 is 23.5 Å². The first-order valence-electron chi connectivity index (χ1n) is 8.85. The fourth-order valence-corrected chi connectivity index (χ4v) is 2.83. The topological polar surface area (TPSA) is 65.0 Å². The van der Waals surface area contributed by atoms with Crippen LogP contribution in [-0.4, -0.2) is 17.8 Å². The number of carbonyl (C=O) groups is 2. The fourth-order valence-electron chi connectivity index (χ4n) is 2.70. The zero-order chi connectivity index (χ0) is 21.1. The lowest BCUT2D eigenvalue weighted by Crippen LogP contribution is -2.10. The summed E-state index contributed by atoms with van der Waals surface area (Å²) in [6.07, 6.45) is 1.55. The number of rotatable bonds is 4. The van der Waals surface area contributed by atoms with Crippen molar-refractivity contribution in [2.45, 2.75) is 0 Å². The molecule has 3 aromatic carbocycles. The van der Waals surface area contributed by atoms with Gasteiger partial charge < -0.3 is 9.47 Å². The van der Waals surface area contributed by atoms with Crippen molar-refractivity contribution in [3.8, 4) is 5.75 Å². The molecule has 0 N–H and O–H groups in total. The lowest BCUT2D eigenvalue weighted by Gasteiger charge is -2.05. The van der Waals surface area contributed by atoms with Gasteiger partial charge in [-0.05, 0) is 60.2 Å². The second kappa shape index (κ2) is 8.31. The summed E-state index contributed by atoms with van der Waals surface area (Å²) in [7, 11) is 0. The molecule has 7 heteroatoms. The highest BCUT2D eigenvalue weighted by atomic mass is 35.5. The van der Waals surface area contributed by atoms with Crippen LogP contribution in [-0.2, 0) is 9.53 Å². The molecule has 148 valence electrons. The van der Waals surface area contributed by atoms with Crippen LogP contribution < -0.4 is 4.74 Å². The molecule has 0 fully saturated rings. The Balaban J connectivity index is 1.49. The molecule has 30 heavy (non-hydrogen) atoms. The van der Waals surface area contributed by atoms with Crippen LogP contribution in [0.2, 0.25) is 5.02 Å². The minimum absolute atomic E-state index is 0.135. The highest BCUT2D eigenvalue weighted by Gasteiger charge is 2.24. The summed E-state index contributed by atoms with van der Waals surface area (Å²) in [5, 5.41) is 0.565. The Hall–Kier alpha value is -3.77. The van der Waals surface area contributed by atoms with Gasteiger partial charge in [-0.25, -0.2) is 19.0 Å². The molecule has 0 aromatic heterocycles. The van der Waals surface area contributed by atoms with Crippen molar-refractivity contribution in [2.75, 3.05) is 0 Å². The van der Waals surface area contributed by atoms with Crippen LogP contribution in [0.5, 0.6) is 5.75 Å².